The largest absolute Gasteiger partial charge is 0.481 e. The number of carbonyl (C=O) groups excluding carboxylic acids is 1. The summed E-state index contributed by atoms with van der Waals surface area (Å²) in [4.78, 5) is 24.1. The van der Waals surface area contributed by atoms with Crippen LogP contribution in [-0.4, -0.2) is 61.4 Å². The van der Waals surface area contributed by atoms with E-state index in [0.29, 0.717) is 32.7 Å². The Bertz CT molecular complexity index is 313. The standard InChI is InChI=1S/C11H17NO5/c1-16-2-3-17-7-5-12(6-7)10(13)8-4-9(8)11(14)15/h7-9H,2-6H2,1H3,(H,14,15). The zero-order chi connectivity index (χ0) is 12.4. The maximum atomic E-state index is 11.8. The summed E-state index contributed by atoms with van der Waals surface area (Å²) in [5, 5.41) is 8.73. The lowest BCUT2D eigenvalue weighted by atomic mass is 10.1. The smallest absolute Gasteiger partial charge is 0.307 e. The molecule has 96 valence electrons. The van der Waals surface area contributed by atoms with Gasteiger partial charge in [0, 0.05) is 20.2 Å². The third kappa shape index (κ3) is 2.76. The van der Waals surface area contributed by atoms with E-state index in [1.165, 1.54) is 0 Å². The van der Waals surface area contributed by atoms with Gasteiger partial charge in [-0.05, 0) is 6.42 Å². The number of methoxy groups -OCH3 is 1. The van der Waals surface area contributed by atoms with Crippen LogP contribution in [0.3, 0.4) is 0 Å². The summed E-state index contributed by atoms with van der Waals surface area (Å²) in [6.45, 7) is 2.23. The average Bonchev–Trinajstić information content (AvgIpc) is 3.00. The Kier molecular flexibility index (Phi) is 3.63. The van der Waals surface area contributed by atoms with Gasteiger partial charge in [-0.3, -0.25) is 9.59 Å². The Hall–Kier alpha value is -1.14. The van der Waals surface area contributed by atoms with Gasteiger partial charge in [-0.25, -0.2) is 0 Å². The van der Waals surface area contributed by atoms with Crippen LogP contribution < -0.4 is 0 Å². The number of rotatable bonds is 6. The number of carbonyl (C=O) groups is 2. The molecular weight excluding hydrogens is 226 g/mol. The Morgan fingerprint density at radius 3 is 2.53 bits per heavy atom. The number of aliphatic carboxylic acids is 1. The molecule has 1 saturated carbocycles. The molecule has 2 aliphatic rings. The molecule has 1 N–H and O–H groups in total. The molecule has 1 saturated heterocycles. The Morgan fingerprint density at radius 1 is 1.29 bits per heavy atom. The minimum absolute atomic E-state index is 0.0380. The van der Waals surface area contributed by atoms with Gasteiger partial charge in [0.2, 0.25) is 5.91 Å². The molecule has 0 spiro atoms. The SMILES string of the molecule is COCCOC1CN(C(=O)C2CC2C(=O)O)C1. The van der Waals surface area contributed by atoms with Crippen molar-refractivity contribution in [2.75, 3.05) is 33.4 Å². The van der Waals surface area contributed by atoms with Gasteiger partial charge in [0.05, 0.1) is 31.2 Å². The molecule has 1 aliphatic carbocycles. The van der Waals surface area contributed by atoms with Gasteiger partial charge in [0.25, 0.3) is 0 Å². The molecule has 0 aromatic heterocycles. The summed E-state index contributed by atoms with van der Waals surface area (Å²) < 4.78 is 10.3. The number of nitrogens with zero attached hydrogens (tertiary/aromatic N) is 1. The highest BCUT2D eigenvalue weighted by molar-refractivity contribution is 5.89. The van der Waals surface area contributed by atoms with Crippen LogP contribution >= 0.6 is 0 Å². The highest BCUT2D eigenvalue weighted by Crippen LogP contribution is 2.40. The quantitative estimate of drug-likeness (QED) is 0.641. The van der Waals surface area contributed by atoms with Crippen molar-refractivity contribution in [3.05, 3.63) is 0 Å². The fourth-order valence-corrected chi connectivity index (χ4v) is 2.00. The van der Waals surface area contributed by atoms with Crippen LogP contribution in [0.4, 0.5) is 0 Å². The first-order valence-electron chi connectivity index (χ1n) is 5.75. The molecule has 1 heterocycles. The van der Waals surface area contributed by atoms with Crippen molar-refractivity contribution in [3.8, 4) is 0 Å². The average molecular weight is 243 g/mol. The van der Waals surface area contributed by atoms with E-state index in [9.17, 15) is 9.59 Å². The Balaban J connectivity index is 1.63. The summed E-state index contributed by atoms with van der Waals surface area (Å²) >= 11 is 0. The fraction of sp³-hybridized carbons (Fsp3) is 0.818. The summed E-state index contributed by atoms with van der Waals surface area (Å²) in [5.74, 6) is -1.66. The van der Waals surface area contributed by atoms with E-state index in [-0.39, 0.29) is 17.9 Å². The van der Waals surface area contributed by atoms with Gasteiger partial charge in [0.1, 0.15) is 0 Å². The number of amides is 1. The van der Waals surface area contributed by atoms with Gasteiger partial charge in [0.15, 0.2) is 0 Å². The first-order chi connectivity index (χ1) is 8.13. The van der Waals surface area contributed by atoms with Crippen LogP contribution in [0.2, 0.25) is 0 Å². The second-order valence-electron chi connectivity index (χ2n) is 4.52. The van der Waals surface area contributed by atoms with Crippen molar-refractivity contribution in [2.24, 2.45) is 11.8 Å². The lowest BCUT2D eigenvalue weighted by Gasteiger charge is -2.39. The van der Waals surface area contributed by atoms with Crippen LogP contribution in [0.25, 0.3) is 0 Å². The molecular formula is C11H17NO5. The number of hydrogen-bond donors (Lipinski definition) is 1. The third-order valence-electron chi connectivity index (χ3n) is 3.23. The van der Waals surface area contributed by atoms with E-state index >= 15 is 0 Å². The van der Waals surface area contributed by atoms with Gasteiger partial charge in [-0.15, -0.1) is 0 Å². The number of carboxylic acid groups (broad SMARTS) is 1. The second-order valence-corrected chi connectivity index (χ2v) is 4.52. The normalized spacial score (nSPS) is 27.7. The number of carboxylic acids is 1. The van der Waals surface area contributed by atoms with E-state index in [2.05, 4.69) is 0 Å². The van der Waals surface area contributed by atoms with Gasteiger partial charge in [-0.2, -0.15) is 0 Å². The molecule has 1 amide bonds. The minimum atomic E-state index is -0.864. The number of ether oxygens (including phenoxy) is 2. The maximum absolute atomic E-state index is 11.8. The van der Waals surface area contributed by atoms with Crippen molar-refractivity contribution in [1.29, 1.82) is 0 Å². The molecule has 2 rings (SSSR count). The van der Waals surface area contributed by atoms with Crippen LogP contribution in [0.15, 0.2) is 0 Å². The van der Waals surface area contributed by atoms with E-state index in [4.69, 9.17) is 14.6 Å². The van der Waals surface area contributed by atoms with Crippen LogP contribution in [0, 0.1) is 11.8 Å². The van der Waals surface area contributed by atoms with E-state index in [1.54, 1.807) is 12.0 Å². The van der Waals surface area contributed by atoms with Crippen LogP contribution in [0.1, 0.15) is 6.42 Å². The lowest BCUT2D eigenvalue weighted by molar-refractivity contribution is -0.150. The molecule has 0 aromatic carbocycles. The predicted octanol–water partition coefficient (Wildman–Crippen LogP) is -0.419. The van der Waals surface area contributed by atoms with Crippen molar-refractivity contribution < 1.29 is 24.2 Å². The maximum Gasteiger partial charge on any atom is 0.307 e. The first-order valence-corrected chi connectivity index (χ1v) is 5.75. The molecule has 17 heavy (non-hydrogen) atoms. The van der Waals surface area contributed by atoms with Crippen molar-refractivity contribution >= 4 is 11.9 Å². The summed E-state index contributed by atoms with van der Waals surface area (Å²) in [7, 11) is 1.61. The highest BCUT2D eigenvalue weighted by Gasteiger charge is 2.51. The topological polar surface area (TPSA) is 76.1 Å². The molecule has 2 fully saturated rings. The van der Waals surface area contributed by atoms with Crippen LogP contribution in [-0.2, 0) is 19.1 Å². The van der Waals surface area contributed by atoms with Crippen LogP contribution in [0.5, 0.6) is 0 Å². The third-order valence-corrected chi connectivity index (χ3v) is 3.23. The van der Waals surface area contributed by atoms with Crippen molar-refractivity contribution in [1.82, 2.24) is 4.90 Å². The van der Waals surface area contributed by atoms with E-state index in [1.807, 2.05) is 0 Å². The summed E-state index contributed by atoms with van der Waals surface area (Å²) in [5.41, 5.74) is 0. The predicted molar refractivity (Wildman–Crippen MR) is 57.4 cm³/mol. The summed E-state index contributed by atoms with van der Waals surface area (Å²) in [6, 6.07) is 0. The zero-order valence-electron chi connectivity index (χ0n) is 9.80. The Morgan fingerprint density at radius 2 is 2.00 bits per heavy atom. The molecule has 2 atom stereocenters. The Labute approximate surface area is 99.5 Å². The molecule has 2 unspecified atom stereocenters. The number of likely N-dealkylation sites (tertiary alicyclic amines) is 1. The van der Waals surface area contributed by atoms with Gasteiger partial charge >= 0.3 is 5.97 Å². The molecule has 0 aromatic rings. The van der Waals surface area contributed by atoms with Gasteiger partial charge in [-0.1, -0.05) is 0 Å². The van der Waals surface area contributed by atoms with E-state index < -0.39 is 11.9 Å². The van der Waals surface area contributed by atoms with Crippen molar-refractivity contribution in [3.63, 3.8) is 0 Å². The zero-order valence-corrected chi connectivity index (χ0v) is 9.80. The van der Waals surface area contributed by atoms with Crippen molar-refractivity contribution in [2.45, 2.75) is 12.5 Å². The molecule has 0 radical (unpaired) electrons. The monoisotopic (exact) mass is 243 g/mol. The highest BCUT2D eigenvalue weighted by atomic mass is 16.5. The molecule has 6 heteroatoms. The molecule has 6 nitrogen and oxygen atoms in total. The molecule has 0 bridgehead atoms. The lowest BCUT2D eigenvalue weighted by Crippen LogP contribution is -2.55. The fourth-order valence-electron chi connectivity index (χ4n) is 2.00. The minimum Gasteiger partial charge on any atom is -0.481 e. The molecule has 1 aliphatic heterocycles. The summed E-state index contributed by atoms with van der Waals surface area (Å²) in [6.07, 6.45) is 0.566. The number of hydrogen-bond acceptors (Lipinski definition) is 4. The van der Waals surface area contributed by atoms with Gasteiger partial charge < -0.3 is 19.5 Å². The second kappa shape index (κ2) is 5.01. The van der Waals surface area contributed by atoms with E-state index in [0.717, 1.165) is 0 Å². The first kappa shape index (κ1) is 12.3.